The Morgan fingerprint density at radius 3 is 2.07 bits per heavy atom. The van der Waals surface area contributed by atoms with Crippen LogP contribution in [-0.2, 0) is 10.0 Å². The number of sulfonamides is 1. The highest BCUT2D eigenvalue weighted by atomic mass is 79.9. The van der Waals surface area contributed by atoms with Crippen LogP contribution in [0, 0.1) is 5.41 Å². The third-order valence-corrected chi connectivity index (χ3v) is 4.06. The quantitative estimate of drug-likeness (QED) is 0.793. The summed E-state index contributed by atoms with van der Waals surface area (Å²) >= 11 is 3.41. The van der Waals surface area contributed by atoms with Crippen molar-refractivity contribution in [3.63, 3.8) is 0 Å². The SMILES string of the molecule is CC(Br)CC(C)NS(=O)(=O)CC(C)(C)C. The van der Waals surface area contributed by atoms with Gasteiger partial charge in [0.25, 0.3) is 0 Å². The van der Waals surface area contributed by atoms with E-state index in [1.165, 1.54) is 0 Å². The molecule has 0 saturated heterocycles. The molecule has 1 N–H and O–H groups in total. The predicted octanol–water partition coefficient (Wildman–Crippen LogP) is 2.51. The molecule has 0 aliphatic heterocycles. The van der Waals surface area contributed by atoms with Gasteiger partial charge in [-0.15, -0.1) is 0 Å². The smallest absolute Gasteiger partial charge is 0.212 e. The maximum Gasteiger partial charge on any atom is 0.212 e. The molecule has 2 unspecified atom stereocenters. The van der Waals surface area contributed by atoms with E-state index in [1.54, 1.807) is 0 Å². The average molecular weight is 300 g/mol. The lowest BCUT2D eigenvalue weighted by Gasteiger charge is -2.21. The number of hydrogen-bond donors (Lipinski definition) is 1. The Balaban J connectivity index is 4.27. The molecule has 92 valence electrons. The first-order chi connectivity index (χ1) is 6.52. The highest BCUT2D eigenvalue weighted by Gasteiger charge is 2.23. The molecular weight excluding hydrogens is 278 g/mol. The molecular formula is C10H22BrNO2S. The fourth-order valence-corrected chi connectivity index (χ4v) is 3.95. The van der Waals surface area contributed by atoms with E-state index in [1.807, 2.05) is 34.6 Å². The molecule has 0 fully saturated rings. The summed E-state index contributed by atoms with van der Waals surface area (Å²) in [6.07, 6.45) is 0.795. The summed E-state index contributed by atoms with van der Waals surface area (Å²) in [7, 11) is -3.15. The lowest BCUT2D eigenvalue weighted by Crippen LogP contribution is -2.38. The van der Waals surface area contributed by atoms with Gasteiger partial charge in [0.05, 0.1) is 5.75 Å². The molecule has 0 aliphatic rings. The number of rotatable bonds is 5. The van der Waals surface area contributed by atoms with Crippen LogP contribution >= 0.6 is 15.9 Å². The van der Waals surface area contributed by atoms with Gasteiger partial charge in [0, 0.05) is 10.9 Å². The van der Waals surface area contributed by atoms with Crippen LogP contribution in [0.4, 0.5) is 0 Å². The molecule has 0 saturated carbocycles. The van der Waals surface area contributed by atoms with Gasteiger partial charge in [0.15, 0.2) is 0 Å². The molecule has 0 aromatic carbocycles. The first-order valence-corrected chi connectivity index (χ1v) is 7.73. The standard InChI is InChI=1S/C10H22BrNO2S/c1-8(11)6-9(2)12-15(13,14)7-10(3,4)5/h8-9,12H,6-7H2,1-5H3. The summed E-state index contributed by atoms with van der Waals surface area (Å²) in [6, 6.07) is -0.0216. The van der Waals surface area contributed by atoms with Gasteiger partial charge < -0.3 is 0 Å². The Morgan fingerprint density at radius 2 is 1.73 bits per heavy atom. The van der Waals surface area contributed by atoms with Crippen LogP contribution in [-0.4, -0.2) is 25.0 Å². The molecule has 3 nitrogen and oxygen atoms in total. The largest absolute Gasteiger partial charge is 0.212 e. The fraction of sp³-hybridized carbons (Fsp3) is 1.00. The molecule has 5 heteroatoms. The van der Waals surface area contributed by atoms with Crippen molar-refractivity contribution in [2.45, 2.75) is 51.9 Å². The van der Waals surface area contributed by atoms with Gasteiger partial charge in [-0.2, -0.15) is 0 Å². The normalized spacial score (nSPS) is 17.5. The third kappa shape index (κ3) is 9.33. The van der Waals surface area contributed by atoms with E-state index in [-0.39, 0.29) is 17.2 Å². The van der Waals surface area contributed by atoms with E-state index in [4.69, 9.17) is 0 Å². The van der Waals surface area contributed by atoms with E-state index in [2.05, 4.69) is 20.7 Å². The van der Waals surface area contributed by atoms with Gasteiger partial charge >= 0.3 is 0 Å². The molecule has 15 heavy (non-hydrogen) atoms. The van der Waals surface area contributed by atoms with Crippen molar-refractivity contribution in [3.05, 3.63) is 0 Å². The minimum atomic E-state index is -3.15. The molecule has 0 aromatic heterocycles. The fourth-order valence-electron chi connectivity index (χ4n) is 1.45. The van der Waals surface area contributed by atoms with Gasteiger partial charge in [-0.05, 0) is 18.8 Å². The van der Waals surface area contributed by atoms with Gasteiger partial charge in [0.2, 0.25) is 10.0 Å². The zero-order valence-corrected chi connectivity index (χ0v) is 12.6. The lowest BCUT2D eigenvalue weighted by atomic mass is 10.0. The van der Waals surface area contributed by atoms with E-state index in [9.17, 15) is 8.42 Å². The monoisotopic (exact) mass is 299 g/mol. The molecule has 0 aliphatic carbocycles. The zero-order valence-electron chi connectivity index (χ0n) is 10.2. The summed E-state index contributed by atoms with van der Waals surface area (Å²) in [5.74, 6) is 0.168. The predicted molar refractivity (Wildman–Crippen MR) is 68.8 cm³/mol. The molecule has 0 aromatic rings. The molecule has 0 heterocycles. The third-order valence-electron chi connectivity index (χ3n) is 1.68. The van der Waals surface area contributed by atoms with Crippen LogP contribution in [0.2, 0.25) is 0 Å². The highest BCUT2D eigenvalue weighted by Crippen LogP contribution is 2.16. The molecule has 0 amide bonds. The van der Waals surface area contributed by atoms with Gasteiger partial charge in [-0.25, -0.2) is 13.1 Å². The van der Waals surface area contributed by atoms with Crippen molar-refractivity contribution in [2.24, 2.45) is 5.41 Å². The van der Waals surface area contributed by atoms with Crippen LogP contribution < -0.4 is 4.72 Å². The first-order valence-electron chi connectivity index (χ1n) is 5.16. The minimum Gasteiger partial charge on any atom is -0.212 e. The van der Waals surface area contributed by atoms with Crippen molar-refractivity contribution in [3.8, 4) is 0 Å². The maximum absolute atomic E-state index is 11.7. The Morgan fingerprint density at radius 1 is 1.27 bits per heavy atom. The summed E-state index contributed by atoms with van der Waals surface area (Å²) < 4.78 is 26.1. The number of alkyl halides is 1. The summed E-state index contributed by atoms with van der Waals surface area (Å²) in [5.41, 5.74) is -0.203. The summed E-state index contributed by atoms with van der Waals surface area (Å²) in [5, 5.41) is 0. The number of halogens is 1. The van der Waals surface area contributed by atoms with Gasteiger partial charge in [-0.1, -0.05) is 43.6 Å². The topological polar surface area (TPSA) is 46.2 Å². The lowest BCUT2D eigenvalue weighted by molar-refractivity contribution is 0.453. The van der Waals surface area contributed by atoms with E-state index in [0.29, 0.717) is 4.83 Å². The van der Waals surface area contributed by atoms with Gasteiger partial charge in [-0.3, -0.25) is 0 Å². The molecule has 0 radical (unpaired) electrons. The Labute approximate surface area is 102 Å². The first kappa shape index (κ1) is 15.4. The average Bonchev–Trinajstić information content (AvgIpc) is 1.73. The highest BCUT2D eigenvalue weighted by molar-refractivity contribution is 9.09. The van der Waals surface area contributed by atoms with Crippen molar-refractivity contribution in [1.29, 1.82) is 0 Å². The summed E-state index contributed by atoms with van der Waals surface area (Å²) in [6.45, 7) is 9.66. The van der Waals surface area contributed by atoms with Crippen LogP contribution in [0.3, 0.4) is 0 Å². The van der Waals surface area contributed by atoms with E-state index < -0.39 is 10.0 Å². The molecule has 0 bridgehead atoms. The second-order valence-electron chi connectivity index (χ2n) is 5.36. The second kappa shape index (κ2) is 5.64. The Kier molecular flexibility index (Phi) is 5.79. The molecule has 0 spiro atoms. The van der Waals surface area contributed by atoms with E-state index >= 15 is 0 Å². The van der Waals surface area contributed by atoms with Crippen molar-refractivity contribution in [2.75, 3.05) is 5.75 Å². The molecule has 0 rings (SSSR count). The summed E-state index contributed by atoms with van der Waals surface area (Å²) in [4.78, 5) is 0.324. The van der Waals surface area contributed by atoms with Crippen LogP contribution in [0.25, 0.3) is 0 Å². The van der Waals surface area contributed by atoms with Crippen molar-refractivity contribution < 1.29 is 8.42 Å². The second-order valence-corrected chi connectivity index (χ2v) is 8.67. The Bertz CT molecular complexity index is 280. The van der Waals surface area contributed by atoms with E-state index in [0.717, 1.165) is 6.42 Å². The maximum atomic E-state index is 11.7. The zero-order chi connectivity index (χ0) is 12.3. The Hall–Kier alpha value is 0.390. The number of nitrogens with one attached hydrogen (secondary N) is 1. The molecule has 2 atom stereocenters. The minimum absolute atomic E-state index is 0.0216. The van der Waals surface area contributed by atoms with Crippen molar-refractivity contribution in [1.82, 2.24) is 4.72 Å². The van der Waals surface area contributed by atoms with Crippen LogP contribution in [0.15, 0.2) is 0 Å². The van der Waals surface area contributed by atoms with Crippen LogP contribution in [0.5, 0.6) is 0 Å². The van der Waals surface area contributed by atoms with Crippen molar-refractivity contribution >= 4 is 26.0 Å². The van der Waals surface area contributed by atoms with Crippen LogP contribution in [0.1, 0.15) is 41.0 Å². The van der Waals surface area contributed by atoms with Gasteiger partial charge in [0.1, 0.15) is 0 Å². The number of hydrogen-bond acceptors (Lipinski definition) is 2.